The molecule has 7 heteroatoms. The largest absolute Gasteiger partial charge is 0.591 e. The molecule has 0 spiro atoms. The third kappa shape index (κ3) is 5.00. The lowest BCUT2D eigenvalue weighted by atomic mass is 10.0. The average molecular weight is 323 g/mol. The Morgan fingerprint density at radius 1 is 1.05 bits per heavy atom. The Morgan fingerprint density at radius 3 is 1.81 bits per heavy atom. The molecule has 0 heterocycles. The zero-order chi connectivity index (χ0) is 16.4. The van der Waals surface area contributed by atoms with Gasteiger partial charge in [-0.15, -0.1) is 0 Å². The van der Waals surface area contributed by atoms with E-state index in [1.807, 2.05) is 0 Å². The second-order valence-electron chi connectivity index (χ2n) is 5.53. The van der Waals surface area contributed by atoms with Gasteiger partial charge in [-0.25, -0.2) is 17.6 Å². The topological polar surface area (TPSA) is 35.4 Å². The van der Waals surface area contributed by atoms with Crippen LogP contribution in [-0.4, -0.2) is 15.0 Å². The first-order valence-electron chi connectivity index (χ1n) is 6.21. The third-order valence-electron chi connectivity index (χ3n) is 2.64. The van der Waals surface area contributed by atoms with E-state index in [0.29, 0.717) is 0 Å². The zero-order valence-corrected chi connectivity index (χ0v) is 13.0. The number of hydrogen-bond donors (Lipinski definition) is 0. The van der Waals surface area contributed by atoms with Gasteiger partial charge in [-0.1, -0.05) is 4.40 Å². The molecule has 0 aliphatic rings. The molecule has 0 fully saturated rings. The van der Waals surface area contributed by atoms with Gasteiger partial charge in [0.25, 0.3) is 12.9 Å². The highest BCUT2D eigenvalue weighted by Crippen LogP contribution is 2.28. The molecule has 21 heavy (non-hydrogen) atoms. The van der Waals surface area contributed by atoms with Crippen LogP contribution in [0.2, 0.25) is 0 Å². The van der Waals surface area contributed by atoms with Gasteiger partial charge in [0.2, 0.25) is 0 Å². The van der Waals surface area contributed by atoms with Crippen molar-refractivity contribution in [3.63, 3.8) is 0 Å². The van der Waals surface area contributed by atoms with E-state index in [4.69, 9.17) is 0 Å². The van der Waals surface area contributed by atoms with Gasteiger partial charge in [0.1, 0.15) is 16.1 Å². The highest BCUT2D eigenvalue weighted by atomic mass is 32.2. The van der Waals surface area contributed by atoms with Crippen LogP contribution in [0.1, 0.15) is 57.2 Å². The molecule has 1 aromatic carbocycles. The number of benzene rings is 1. The lowest BCUT2D eigenvalue weighted by Crippen LogP contribution is -2.26. The summed E-state index contributed by atoms with van der Waals surface area (Å²) in [7, 11) is 0. The quantitative estimate of drug-likeness (QED) is 0.444. The van der Waals surface area contributed by atoms with Crippen molar-refractivity contribution in [3.8, 4) is 0 Å². The van der Waals surface area contributed by atoms with E-state index in [9.17, 15) is 22.1 Å². The zero-order valence-electron chi connectivity index (χ0n) is 12.2. The summed E-state index contributed by atoms with van der Waals surface area (Å²) in [6.45, 7) is 6.59. The molecule has 118 valence electrons. The van der Waals surface area contributed by atoms with Crippen LogP contribution < -0.4 is 0 Å². The second-order valence-corrected chi connectivity index (χ2v) is 7.43. The number of rotatable bonds is 4. The van der Waals surface area contributed by atoms with Gasteiger partial charge in [-0.3, -0.25) is 0 Å². The van der Waals surface area contributed by atoms with Gasteiger partial charge in [-0.05, 0) is 45.9 Å². The molecule has 1 unspecified atom stereocenters. The van der Waals surface area contributed by atoms with E-state index < -0.39 is 40.1 Å². The Kier molecular flexibility index (Phi) is 5.81. The minimum atomic E-state index is -2.86. The van der Waals surface area contributed by atoms with Gasteiger partial charge in [-0.2, -0.15) is 0 Å². The van der Waals surface area contributed by atoms with E-state index in [1.165, 1.54) is 6.92 Å². The molecule has 2 nitrogen and oxygen atoms in total. The van der Waals surface area contributed by atoms with E-state index in [0.717, 1.165) is 18.2 Å². The number of hydrogen-bond acceptors (Lipinski definition) is 2. The van der Waals surface area contributed by atoms with Crippen molar-refractivity contribution in [1.82, 2.24) is 0 Å². The Morgan fingerprint density at radius 2 is 1.48 bits per heavy atom. The van der Waals surface area contributed by atoms with E-state index >= 15 is 0 Å². The minimum Gasteiger partial charge on any atom is -0.591 e. The van der Waals surface area contributed by atoms with Crippen LogP contribution in [0.15, 0.2) is 22.6 Å². The van der Waals surface area contributed by atoms with Crippen LogP contribution in [0, 0.1) is 0 Å². The first-order valence-corrected chi connectivity index (χ1v) is 7.32. The van der Waals surface area contributed by atoms with Crippen LogP contribution in [0.4, 0.5) is 17.6 Å². The summed E-state index contributed by atoms with van der Waals surface area (Å²) in [6, 6.07) is 2.96. The lowest BCUT2D eigenvalue weighted by molar-refractivity contribution is 0.144. The van der Waals surface area contributed by atoms with Crippen molar-refractivity contribution < 1.29 is 22.1 Å². The van der Waals surface area contributed by atoms with Crippen LogP contribution in [0.3, 0.4) is 0 Å². The highest BCUT2D eigenvalue weighted by molar-refractivity contribution is 7.91. The van der Waals surface area contributed by atoms with Crippen molar-refractivity contribution in [2.45, 2.75) is 45.3 Å². The molecule has 0 aromatic heterocycles. The maximum atomic E-state index is 12.8. The van der Waals surface area contributed by atoms with E-state index in [1.54, 1.807) is 20.8 Å². The van der Waals surface area contributed by atoms with Crippen molar-refractivity contribution >= 4 is 17.1 Å². The summed E-state index contributed by atoms with van der Waals surface area (Å²) >= 11 is -1.59. The van der Waals surface area contributed by atoms with Gasteiger partial charge in [0, 0.05) is 16.7 Å². The molecule has 0 saturated carbocycles. The summed E-state index contributed by atoms with van der Waals surface area (Å²) < 4.78 is 66.3. The molecule has 0 aliphatic heterocycles. The summed E-state index contributed by atoms with van der Waals surface area (Å²) in [5.74, 6) is 0. The molecule has 0 amide bonds. The van der Waals surface area contributed by atoms with Gasteiger partial charge >= 0.3 is 0 Å². The molecule has 1 aromatic rings. The van der Waals surface area contributed by atoms with E-state index in [2.05, 4.69) is 4.40 Å². The molecule has 0 aliphatic carbocycles. The Balaban J connectivity index is 3.25. The SMILES string of the molecule is CC(=N[S+]([O-])C(C)(C)C)c1cc(C(F)F)cc(C(F)F)c1. The second kappa shape index (κ2) is 6.79. The van der Waals surface area contributed by atoms with Gasteiger partial charge < -0.3 is 4.55 Å². The summed E-state index contributed by atoms with van der Waals surface area (Å²) in [5, 5.41) is 0. The lowest BCUT2D eigenvalue weighted by Gasteiger charge is -2.19. The molecule has 0 bridgehead atoms. The molecular formula is C14H17F4NOS. The average Bonchev–Trinajstić information content (AvgIpc) is 2.36. The molecule has 0 N–H and O–H groups in total. The van der Waals surface area contributed by atoms with Gasteiger partial charge in [0.15, 0.2) is 0 Å². The fourth-order valence-electron chi connectivity index (χ4n) is 1.45. The fraction of sp³-hybridized carbons (Fsp3) is 0.500. The predicted molar refractivity (Wildman–Crippen MR) is 76.5 cm³/mol. The first kappa shape index (κ1) is 18.0. The van der Waals surface area contributed by atoms with Crippen molar-refractivity contribution in [1.29, 1.82) is 0 Å². The minimum absolute atomic E-state index is 0.126. The maximum absolute atomic E-state index is 12.8. The summed E-state index contributed by atoms with van der Waals surface area (Å²) in [5.41, 5.74) is -0.689. The van der Waals surface area contributed by atoms with E-state index in [-0.39, 0.29) is 11.3 Å². The molecule has 1 rings (SSSR count). The predicted octanol–water partition coefficient (Wildman–Crippen LogP) is 4.83. The van der Waals surface area contributed by atoms with Crippen LogP contribution in [0.5, 0.6) is 0 Å². The smallest absolute Gasteiger partial charge is 0.263 e. The number of halogens is 4. The summed E-state index contributed by atoms with van der Waals surface area (Å²) in [4.78, 5) is 0. The Bertz CT molecular complexity index is 500. The molecular weight excluding hydrogens is 306 g/mol. The Labute approximate surface area is 124 Å². The summed E-state index contributed by atoms with van der Waals surface area (Å²) in [6.07, 6.45) is -5.72. The fourth-order valence-corrected chi connectivity index (χ4v) is 2.08. The highest BCUT2D eigenvalue weighted by Gasteiger charge is 2.27. The molecule has 0 saturated heterocycles. The number of nitrogens with zero attached hydrogens (tertiary/aromatic N) is 1. The molecule has 0 radical (unpaired) electrons. The normalized spacial score (nSPS) is 14.9. The Hall–Kier alpha value is -1.08. The standard InChI is InChI=1S/C14H17F4NOS/c1-8(19-21(20)14(2,3)4)9-5-10(12(15)16)7-11(6-9)13(17)18/h5-7,12-13H,1-4H3. The third-order valence-corrected chi connectivity index (χ3v) is 4.13. The van der Waals surface area contributed by atoms with Crippen molar-refractivity contribution in [2.75, 3.05) is 0 Å². The van der Waals surface area contributed by atoms with Crippen LogP contribution in [-0.2, 0) is 11.4 Å². The van der Waals surface area contributed by atoms with Crippen molar-refractivity contribution in [2.24, 2.45) is 4.40 Å². The number of alkyl halides is 4. The van der Waals surface area contributed by atoms with Crippen LogP contribution >= 0.6 is 0 Å². The monoisotopic (exact) mass is 323 g/mol. The van der Waals surface area contributed by atoms with Crippen molar-refractivity contribution in [3.05, 3.63) is 34.9 Å². The van der Waals surface area contributed by atoms with Gasteiger partial charge in [0.05, 0.1) is 5.71 Å². The maximum Gasteiger partial charge on any atom is 0.263 e. The van der Waals surface area contributed by atoms with Crippen LogP contribution in [0.25, 0.3) is 0 Å². The molecule has 1 atom stereocenters. The first-order chi connectivity index (χ1) is 9.52.